The molecule has 148 valence electrons. The van der Waals surface area contributed by atoms with Gasteiger partial charge in [0.05, 0.1) is 5.69 Å². The number of nitrogens with zero attached hydrogens (tertiary/aromatic N) is 2. The first kappa shape index (κ1) is 21.5. The predicted molar refractivity (Wildman–Crippen MR) is 111 cm³/mol. The molecule has 4 rings (SSSR count). The molecule has 2 heterocycles. The van der Waals surface area contributed by atoms with Crippen molar-refractivity contribution in [2.75, 3.05) is 11.9 Å². The predicted octanol–water partition coefficient (Wildman–Crippen LogP) is 2.91. The van der Waals surface area contributed by atoms with Crippen LogP contribution >= 0.6 is 0 Å². The van der Waals surface area contributed by atoms with Gasteiger partial charge in [-0.15, -0.1) is 0 Å². The highest BCUT2D eigenvalue weighted by Crippen LogP contribution is 2.17. The first-order valence-electron chi connectivity index (χ1n) is 9.09. The summed E-state index contributed by atoms with van der Waals surface area (Å²) in [6.45, 7) is 2.16. The van der Waals surface area contributed by atoms with E-state index < -0.39 is 0 Å². The number of aryl methyl sites for hydroxylation is 1. The summed E-state index contributed by atoms with van der Waals surface area (Å²) in [5.41, 5.74) is 2.02. The van der Waals surface area contributed by atoms with Gasteiger partial charge in [0, 0.05) is 31.4 Å². The van der Waals surface area contributed by atoms with E-state index in [2.05, 4.69) is 31.2 Å². The molecule has 29 heavy (non-hydrogen) atoms. The Hall–Kier alpha value is -3.80. The fourth-order valence-electron chi connectivity index (χ4n) is 2.42. The summed E-state index contributed by atoms with van der Waals surface area (Å²) < 4.78 is 0. The quantitative estimate of drug-likeness (QED) is 0.739. The van der Waals surface area contributed by atoms with E-state index in [0.717, 1.165) is 16.2 Å². The fraction of sp³-hybridized carbons (Fsp3) is 0.130. The third kappa shape index (κ3) is 6.10. The average molecular weight is 390 g/mol. The van der Waals surface area contributed by atoms with Crippen LogP contribution in [-0.2, 0) is 25.6 Å². The molecule has 0 aromatic heterocycles. The van der Waals surface area contributed by atoms with Gasteiger partial charge in [0.25, 0.3) is 23.6 Å². The summed E-state index contributed by atoms with van der Waals surface area (Å²) in [5, 5.41) is 0. The van der Waals surface area contributed by atoms with E-state index >= 15 is 0 Å². The van der Waals surface area contributed by atoms with Crippen molar-refractivity contribution in [1.82, 2.24) is 4.90 Å². The van der Waals surface area contributed by atoms with Gasteiger partial charge >= 0.3 is 0 Å². The normalized spacial score (nSPS) is 14.6. The van der Waals surface area contributed by atoms with Crippen molar-refractivity contribution in [2.45, 2.75) is 13.3 Å². The monoisotopic (exact) mass is 390 g/mol. The Morgan fingerprint density at radius 1 is 0.621 bits per heavy atom. The molecular formula is C23H22N2O4. The van der Waals surface area contributed by atoms with E-state index in [1.165, 1.54) is 36.9 Å². The van der Waals surface area contributed by atoms with Gasteiger partial charge < -0.3 is 0 Å². The molecule has 0 aliphatic carbocycles. The lowest BCUT2D eigenvalue weighted by Crippen LogP contribution is -2.29. The van der Waals surface area contributed by atoms with Crippen molar-refractivity contribution in [2.24, 2.45) is 0 Å². The lowest BCUT2D eigenvalue weighted by molar-refractivity contribution is -0.135. The molecule has 0 atom stereocenters. The summed E-state index contributed by atoms with van der Waals surface area (Å²) in [6, 6.07) is 19.3. The molecule has 0 unspecified atom stereocenters. The number of anilines is 1. The topological polar surface area (TPSA) is 74.8 Å². The van der Waals surface area contributed by atoms with Gasteiger partial charge in [0.2, 0.25) is 0 Å². The van der Waals surface area contributed by atoms with Crippen LogP contribution in [0.2, 0.25) is 0 Å². The van der Waals surface area contributed by atoms with Gasteiger partial charge in [-0.2, -0.15) is 0 Å². The number of hydrogen-bond acceptors (Lipinski definition) is 4. The van der Waals surface area contributed by atoms with Crippen LogP contribution in [0.25, 0.3) is 0 Å². The molecule has 2 aliphatic rings. The van der Waals surface area contributed by atoms with Crippen LogP contribution in [0.3, 0.4) is 0 Å². The van der Waals surface area contributed by atoms with Gasteiger partial charge in [-0.1, -0.05) is 55.5 Å². The number of benzene rings is 2. The van der Waals surface area contributed by atoms with Crippen molar-refractivity contribution in [3.05, 3.63) is 90.5 Å². The highest BCUT2D eigenvalue weighted by molar-refractivity contribution is 6.28. The third-order valence-corrected chi connectivity index (χ3v) is 4.10. The molecule has 0 saturated carbocycles. The van der Waals surface area contributed by atoms with E-state index in [-0.39, 0.29) is 23.6 Å². The summed E-state index contributed by atoms with van der Waals surface area (Å²) >= 11 is 0. The zero-order valence-electron chi connectivity index (χ0n) is 16.3. The summed E-state index contributed by atoms with van der Waals surface area (Å²) in [4.78, 5) is 45.4. The molecule has 2 aromatic rings. The lowest BCUT2D eigenvalue weighted by Gasteiger charge is -2.12. The van der Waals surface area contributed by atoms with Crippen molar-refractivity contribution in [1.29, 1.82) is 0 Å². The van der Waals surface area contributed by atoms with Crippen LogP contribution in [-0.4, -0.2) is 35.6 Å². The Morgan fingerprint density at radius 2 is 1.03 bits per heavy atom. The van der Waals surface area contributed by atoms with Crippen LogP contribution in [0.4, 0.5) is 5.69 Å². The van der Waals surface area contributed by atoms with Crippen molar-refractivity contribution < 1.29 is 19.2 Å². The van der Waals surface area contributed by atoms with Crippen molar-refractivity contribution in [3.63, 3.8) is 0 Å². The standard InChI is InChI=1S/C10H7NO2.C8H10.C5H5NO2/c12-9-6-7-10(13)11(9)8-4-2-1-3-5-8;1-2-8-6-4-3-5-7-8;1-6-4(7)2-3-5(6)8/h1-7H;3-7H,2H2,1H3;2-3H,1H3. The van der Waals surface area contributed by atoms with Gasteiger partial charge in [0.1, 0.15) is 0 Å². The average Bonchev–Trinajstić information content (AvgIpc) is 3.25. The van der Waals surface area contributed by atoms with Crippen molar-refractivity contribution in [3.8, 4) is 0 Å². The van der Waals surface area contributed by atoms with Crippen LogP contribution in [0, 0.1) is 0 Å². The van der Waals surface area contributed by atoms with E-state index in [1.54, 1.807) is 24.3 Å². The van der Waals surface area contributed by atoms with Gasteiger partial charge in [-0.3, -0.25) is 24.1 Å². The second-order valence-electron chi connectivity index (χ2n) is 6.09. The third-order valence-electron chi connectivity index (χ3n) is 4.10. The Labute approximate surface area is 169 Å². The lowest BCUT2D eigenvalue weighted by atomic mass is 10.2. The Kier molecular flexibility index (Phi) is 7.79. The van der Waals surface area contributed by atoms with Crippen LogP contribution in [0.15, 0.2) is 85.0 Å². The number of carbonyl (C=O) groups excluding carboxylic acids is 4. The molecule has 4 amide bonds. The number of carbonyl (C=O) groups is 4. The van der Waals surface area contributed by atoms with Gasteiger partial charge in [-0.05, 0) is 24.1 Å². The van der Waals surface area contributed by atoms with Gasteiger partial charge in [-0.25, -0.2) is 4.90 Å². The molecule has 2 aliphatic heterocycles. The zero-order valence-corrected chi connectivity index (χ0v) is 16.3. The number of amides is 4. The molecule has 6 heteroatoms. The maximum absolute atomic E-state index is 11.2. The molecular weight excluding hydrogens is 368 g/mol. The summed E-state index contributed by atoms with van der Waals surface area (Å²) in [5.74, 6) is -1.04. The molecule has 0 saturated heterocycles. The van der Waals surface area contributed by atoms with E-state index in [0.29, 0.717) is 5.69 Å². The molecule has 0 N–H and O–H groups in total. The minimum Gasteiger partial charge on any atom is -0.279 e. The summed E-state index contributed by atoms with van der Waals surface area (Å²) in [6.07, 6.45) is 6.19. The highest BCUT2D eigenvalue weighted by atomic mass is 16.2. The maximum Gasteiger partial charge on any atom is 0.258 e. The smallest absolute Gasteiger partial charge is 0.258 e. The SMILES string of the molecule is CCc1ccccc1.CN1C(=O)C=CC1=O.O=C1C=CC(=O)N1c1ccccc1. The zero-order chi connectivity index (χ0) is 21.2. The molecule has 6 nitrogen and oxygen atoms in total. The van der Waals surface area contributed by atoms with Crippen LogP contribution in [0.1, 0.15) is 12.5 Å². The number of imide groups is 2. The molecule has 0 spiro atoms. The Bertz CT molecular complexity index is 898. The number of hydrogen-bond donors (Lipinski definition) is 0. The number of rotatable bonds is 2. The Morgan fingerprint density at radius 3 is 1.38 bits per heavy atom. The second kappa shape index (κ2) is 10.5. The van der Waals surface area contributed by atoms with E-state index in [4.69, 9.17) is 0 Å². The van der Waals surface area contributed by atoms with Gasteiger partial charge in [0.15, 0.2) is 0 Å². The first-order chi connectivity index (χ1) is 13.9. The number of likely N-dealkylation sites (N-methyl/N-ethyl adjacent to an activating group) is 1. The molecule has 0 bridgehead atoms. The second-order valence-corrected chi connectivity index (χ2v) is 6.09. The largest absolute Gasteiger partial charge is 0.279 e. The van der Waals surface area contributed by atoms with E-state index in [1.807, 2.05) is 12.1 Å². The molecule has 2 aromatic carbocycles. The minimum absolute atomic E-state index is 0.241. The minimum atomic E-state index is -0.281. The number of para-hydroxylation sites is 1. The van der Waals surface area contributed by atoms with Crippen molar-refractivity contribution >= 4 is 29.3 Å². The van der Waals surface area contributed by atoms with E-state index in [9.17, 15) is 19.2 Å². The Balaban J connectivity index is 0.000000164. The summed E-state index contributed by atoms with van der Waals surface area (Å²) in [7, 11) is 1.45. The highest BCUT2D eigenvalue weighted by Gasteiger charge is 2.24. The van der Waals surface area contributed by atoms with Crippen LogP contribution in [0.5, 0.6) is 0 Å². The molecule has 0 fully saturated rings. The maximum atomic E-state index is 11.2. The molecule has 0 radical (unpaired) electrons. The fourth-order valence-corrected chi connectivity index (χ4v) is 2.42. The van der Waals surface area contributed by atoms with Crippen LogP contribution < -0.4 is 4.90 Å². The first-order valence-corrected chi connectivity index (χ1v) is 9.09.